The van der Waals surface area contributed by atoms with E-state index < -0.39 is 10.9 Å². The molecule has 136 valence electrons. The van der Waals surface area contributed by atoms with Gasteiger partial charge in [-0.05, 0) is 12.8 Å². The van der Waals surface area contributed by atoms with Crippen LogP contribution in [0.4, 0.5) is 11.5 Å². The number of aromatic nitrogens is 2. The first kappa shape index (κ1) is 18.1. The number of halogens is 1. The zero-order valence-corrected chi connectivity index (χ0v) is 15.1. The number of benzene rings is 1. The Labute approximate surface area is 154 Å². The predicted molar refractivity (Wildman–Crippen MR) is 95.6 cm³/mol. The van der Waals surface area contributed by atoms with E-state index in [0.717, 1.165) is 12.8 Å². The van der Waals surface area contributed by atoms with Gasteiger partial charge in [-0.25, -0.2) is 14.8 Å². The highest BCUT2D eigenvalue weighted by molar-refractivity contribution is 6.35. The molecule has 1 aromatic carbocycles. The Kier molecular flexibility index (Phi) is 5.03. The van der Waals surface area contributed by atoms with Crippen LogP contribution in [0.15, 0.2) is 24.3 Å². The van der Waals surface area contributed by atoms with Crippen molar-refractivity contribution < 1.29 is 14.5 Å². The molecule has 1 heterocycles. The Bertz CT molecular complexity index is 870. The van der Waals surface area contributed by atoms with Crippen LogP contribution in [0.5, 0.6) is 0 Å². The number of anilines is 1. The van der Waals surface area contributed by atoms with Gasteiger partial charge in [0.1, 0.15) is 10.8 Å². The lowest BCUT2D eigenvalue weighted by molar-refractivity contribution is -0.385. The molecule has 0 saturated heterocycles. The summed E-state index contributed by atoms with van der Waals surface area (Å²) < 4.78 is 4.75. The van der Waals surface area contributed by atoms with Crippen molar-refractivity contribution in [3.63, 3.8) is 0 Å². The van der Waals surface area contributed by atoms with Crippen molar-refractivity contribution in [3.8, 4) is 0 Å². The maximum atomic E-state index is 12.0. The summed E-state index contributed by atoms with van der Waals surface area (Å²) in [6.07, 6.45) is 1.91. The van der Waals surface area contributed by atoms with E-state index in [1.807, 2.05) is 0 Å². The van der Waals surface area contributed by atoms with Gasteiger partial charge in [0, 0.05) is 24.6 Å². The van der Waals surface area contributed by atoms with E-state index in [1.165, 1.54) is 13.2 Å². The molecule has 9 heteroatoms. The highest BCUT2D eigenvalue weighted by atomic mass is 35.5. The lowest BCUT2D eigenvalue weighted by atomic mass is 10.1. The summed E-state index contributed by atoms with van der Waals surface area (Å²) in [6, 6.07) is 6.46. The molecule has 0 bridgehead atoms. The highest BCUT2D eigenvalue weighted by Gasteiger charge is 2.31. The van der Waals surface area contributed by atoms with E-state index >= 15 is 0 Å². The number of nitro groups is 1. The van der Waals surface area contributed by atoms with Crippen molar-refractivity contribution in [1.29, 1.82) is 0 Å². The second-order valence-electron chi connectivity index (χ2n) is 6.08. The summed E-state index contributed by atoms with van der Waals surface area (Å²) in [5, 5.41) is 11.3. The lowest BCUT2D eigenvalue weighted by Gasteiger charge is -2.21. The van der Waals surface area contributed by atoms with Gasteiger partial charge in [0.05, 0.1) is 18.6 Å². The van der Waals surface area contributed by atoms with Crippen molar-refractivity contribution in [2.75, 3.05) is 19.1 Å². The summed E-state index contributed by atoms with van der Waals surface area (Å²) >= 11 is 6.34. The third-order valence-corrected chi connectivity index (χ3v) is 4.48. The molecule has 1 aliphatic rings. The summed E-state index contributed by atoms with van der Waals surface area (Å²) in [7, 11) is 2.97. The van der Waals surface area contributed by atoms with Crippen molar-refractivity contribution >= 4 is 29.1 Å². The van der Waals surface area contributed by atoms with Crippen molar-refractivity contribution in [1.82, 2.24) is 9.97 Å². The number of ether oxygens (including phenoxy) is 1. The second-order valence-corrected chi connectivity index (χ2v) is 6.45. The molecule has 0 amide bonds. The van der Waals surface area contributed by atoms with E-state index in [2.05, 4.69) is 9.97 Å². The van der Waals surface area contributed by atoms with Gasteiger partial charge in [-0.3, -0.25) is 10.1 Å². The number of para-hydroxylation sites is 1. The molecule has 26 heavy (non-hydrogen) atoms. The van der Waals surface area contributed by atoms with E-state index in [9.17, 15) is 14.9 Å². The topological polar surface area (TPSA) is 98.5 Å². The molecule has 0 unspecified atom stereocenters. The van der Waals surface area contributed by atoms with Crippen LogP contribution in [0.25, 0.3) is 0 Å². The number of nitro benzene ring substituents is 1. The summed E-state index contributed by atoms with van der Waals surface area (Å²) in [6.45, 7) is 0.207. The standard InChI is InChI=1S/C17H17ClN4O4/c1-21(9-11-5-3-4-6-12(11)22(24)25)16-13(18)14(17(23)26-2)19-15(20-16)10-7-8-10/h3-6,10H,7-9H2,1-2H3. The molecule has 1 aliphatic carbocycles. The Morgan fingerprint density at radius 2 is 2.08 bits per heavy atom. The van der Waals surface area contributed by atoms with Gasteiger partial charge < -0.3 is 9.64 Å². The zero-order valence-electron chi connectivity index (χ0n) is 14.3. The third kappa shape index (κ3) is 3.60. The van der Waals surface area contributed by atoms with Crippen molar-refractivity contribution in [2.24, 2.45) is 0 Å². The normalized spacial score (nSPS) is 13.3. The fourth-order valence-electron chi connectivity index (χ4n) is 2.61. The van der Waals surface area contributed by atoms with Gasteiger partial charge in [-0.1, -0.05) is 29.8 Å². The van der Waals surface area contributed by atoms with Gasteiger partial charge >= 0.3 is 5.97 Å². The van der Waals surface area contributed by atoms with Crippen molar-refractivity contribution in [2.45, 2.75) is 25.3 Å². The molecule has 0 atom stereocenters. The van der Waals surface area contributed by atoms with Crippen LogP contribution in [0.1, 0.15) is 40.6 Å². The predicted octanol–water partition coefficient (Wildman–Crippen LogP) is 3.34. The summed E-state index contributed by atoms with van der Waals surface area (Å²) in [5.74, 6) is 0.454. The van der Waals surface area contributed by atoms with Crippen LogP contribution in [-0.2, 0) is 11.3 Å². The SMILES string of the molecule is COC(=O)c1nc(C2CC2)nc(N(C)Cc2ccccc2[N+](=O)[O-])c1Cl. The average Bonchev–Trinajstić information content (AvgIpc) is 3.46. The minimum Gasteiger partial charge on any atom is -0.464 e. The molecule has 0 N–H and O–H groups in total. The fourth-order valence-corrected chi connectivity index (χ4v) is 2.92. The van der Waals surface area contributed by atoms with E-state index in [-0.39, 0.29) is 28.9 Å². The highest BCUT2D eigenvalue weighted by Crippen LogP contribution is 2.40. The Morgan fingerprint density at radius 1 is 1.38 bits per heavy atom. The number of nitrogens with zero attached hydrogens (tertiary/aromatic N) is 4. The molecule has 0 radical (unpaired) electrons. The van der Waals surface area contributed by atoms with Crippen LogP contribution in [-0.4, -0.2) is 35.0 Å². The number of esters is 1. The van der Waals surface area contributed by atoms with Crippen LogP contribution in [0.2, 0.25) is 5.02 Å². The number of methoxy groups -OCH3 is 1. The van der Waals surface area contributed by atoms with Crippen molar-refractivity contribution in [3.05, 3.63) is 56.5 Å². The molecule has 8 nitrogen and oxygen atoms in total. The first-order valence-corrected chi connectivity index (χ1v) is 8.39. The van der Waals surface area contributed by atoms with Crippen LogP contribution >= 0.6 is 11.6 Å². The zero-order chi connectivity index (χ0) is 18.8. The molecular formula is C17H17ClN4O4. The lowest BCUT2D eigenvalue weighted by Crippen LogP contribution is -2.21. The first-order chi connectivity index (χ1) is 12.4. The molecule has 0 spiro atoms. The second kappa shape index (κ2) is 7.25. The molecule has 1 aromatic heterocycles. The van der Waals surface area contributed by atoms with Gasteiger partial charge in [-0.15, -0.1) is 0 Å². The van der Waals surface area contributed by atoms with Crippen LogP contribution in [0.3, 0.4) is 0 Å². The van der Waals surface area contributed by atoms with E-state index in [1.54, 1.807) is 30.1 Å². The molecule has 3 rings (SSSR count). The maximum Gasteiger partial charge on any atom is 0.358 e. The average molecular weight is 377 g/mol. The summed E-state index contributed by atoms with van der Waals surface area (Å²) in [5.41, 5.74) is 0.540. The summed E-state index contributed by atoms with van der Waals surface area (Å²) in [4.78, 5) is 33.2. The maximum absolute atomic E-state index is 12.0. The fraction of sp³-hybridized carbons (Fsp3) is 0.353. The monoisotopic (exact) mass is 376 g/mol. The molecule has 2 aromatic rings. The van der Waals surface area contributed by atoms with E-state index in [0.29, 0.717) is 17.2 Å². The smallest absolute Gasteiger partial charge is 0.358 e. The van der Waals surface area contributed by atoms with Crippen LogP contribution in [0, 0.1) is 10.1 Å². The molecular weight excluding hydrogens is 360 g/mol. The number of carbonyl (C=O) groups is 1. The Hall–Kier alpha value is -2.74. The van der Waals surface area contributed by atoms with Gasteiger partial charge in [0.15, 0.2) is 11.5 Å². The van der Waals surface area contributed by atoms with E-state index in [4.69, 9.17) is 16.3 Å². The molecule has 1 fully saturated rings. The minimum absolute atomic E-state index is 0.00970. The Balaban J connectivity index is 1.99. The number of rotatable bonds is 6. The van der Waals surface area contributed by atoms with Gasteiger partial charge in [-0.2, -0.15) is 0 Å². The van der Waals surface area contributed by atoms with Crippen LogP contribution < -0.4 is 4.90 Å². The Morgan fingerprint density at radius 3 is 2.69 bits per heavy atom. The quantitative estimate of drug-likeness (QED) is 0.433. The molecule has 1 saturated carbocycles. The number of hydrogen-bond acceptors (Lipinski definition) is 7. The molecule has 0 aliphatic heterocycles. The van der Waals surface area contributed by atoms with Gasteiger partial charge in [0.25, 0.3) is 5.69 Å². The van der Waals surface area contributed by atoms with Gasteiger partial charge in [0.2, 0.25) is 0 Å². The largest absolute Gasteiger partial charge is 0.464 e. The number of hydrogen-bond donors (Lipinski definition) is 0. The minimum atomic E-state index is -0.639. The number of carbonyl (C=O) groups excluding carboxylic acids is 1. The first-order valence-electron chi connectivity index (χ1n) is 8.01. The third-order valence-electron chi connectivity index (χ3n) is 4.13.